The van der Waals surface area contributed by atoms with E-state index in [0.717, 1.165) is 23.1 Å². The topological polar surface area (TPSA) is 70.2 Å². The summed E-state index contributed by atoms with van der Waals surface area (Å²) in [7, 11) is 0. The predicted molar refractivity (Wildman–Crippen MR) is 148 cm³/mol. The molecular weight excluding hydrogens is 543 g/mol. The van der Waals surface area contributed by atoms with Crippen LogP contribution in [0.4, 0.5) is 30.2 Å². The second kappa shape index (κ2) is 12.4. The summed E-state index contributed by atoms with van der Waals surface area (Å²) in [6.07, 6.45) is -4.12. The number of halogens is 4. The summed E-state index contributed by atoms with van der Waals surface area (Å²) >= 11 is 12.7. The lowest BCUT2D eigenvalue weighted by atomic mass is 10.1. The first-order valence-corrected chi connectivity index (χ1v) is 12.8. The third-order valence-electron chi connectivity index (χ3n) is 5.13. The molecule has 3 N–H and O–H groups in total. The van der Waals surface area contributed by atoms with Crippen LogP contribution in [-0.4, -0.2) is 22.1 Å². The Hall–Kier alpha value is -3.08. The van der Waals surface area contributed by atoms with E-state index in [4.69, 9.17) is 23.8 Å². The normalized spacial score (nSPS) is 11.9. The average Bonchev–Trinajstić information content (AvgIpc) is 2.83. The van der Waals surface area contributed by atoms with Gasteiger partial charge >= 0.3 is 6.18 Å². The highest BCUT2D eigenvalue weighted by Gasteiger charge is 2.31. The van der Waals surface area contributed by atoms with Crippen molar-refractivity contribution in [3.8, 4) is 0 Å². The molecule has 194 valence electrons. The van der Waals surface area contributed by atoms with Gasteiger partial charge in [0.1, 0.15) is 0 Å². The van der Waals surface area contributed by atoms with Crippen molar-refractivity contribution < 1.29 is 22.8 Å². The summed E-state index contributed by atoms with van der Waals surface area (Å²) in [5, 5.41) is 8.41. The maximum absolute atomic E-state index is 13.1. The Bertz CT molecular complexity index is 1300. The molecule has 0 radical (unpaired) electrons. The molecule has 3 aromatic rings. The molecule has 3 rings (SSSR count). The number of hydrogen-bond acceptors (Lipinski definition) is 4. The van der Waals surface area contributed by atoms with E-state index >= 15 is 0 Å². The molecule has 0 aliphatic rings. The van der Waals surface area contributed by atoms with Crippen LogP contribution in [0.15, 0.2) is 71.6 Å². The number of thioether (sulfide) groups is 1. The van der Waals surface area contributed by atoms with Crippen LogP contribution in [0, 0.1) is 0 Å². The fourth-order valence-corrected chi connectivity index (χ4v) is 4.64. The molecule has 0 heterocycles. The number of ketones is 1. The molecule has 0 saturated heterocycles. The van der Waals surface area contributed by atoms with Gasteiger partial charge in [-0.25, -0.2) is 0 Å². The van der Waals surface area contributed by atoms with Crippen molar-refractivity contribution >= 4 is 69.4 Å². The summed E-state index contributed by atoms with van der Waals surface area (Å²) in [4.78, 5) is 25.0. The van der Waals surface area contributed by atoms with Gasteiger partial charge in [-0.1, -0.05) is 24.6 Å². The van der Waals surface area contributed by atoms with Gasteiger partial charge in [-0.2, -0.15) is 13.2 Å². The molecule has 5 nitrogen and oxygen atoms in total. The number of amides is 1. The van der Waals surface area contributed by atoms with Crippen LogP contribution >= 0.6 is 35.6 Å². The van der Waals surface area contributed by atoms with Crippen molar-refractivity contribution in [2.75, 3.05) is 16.0 Å². The predicted octanol–water partition coefficient (Wildman–Crippen LogP) is 7.88. The van der Waals surface area contributed by atoms with Crippen molar-refractivity contribution in [3.05, 3.63) is 82.9 Å². The number of thiocarbonyl (C=S) groups is 1. The fraction of sp³-hybridized carbons (Fsp3) is 0.192. The molecular formula is C26H23ClF3N3O2S2. The molecule has 1 atom stereocenters. The number of carbonyl (C=O) groups is 2. The lowest BCUT2D eigenvalue weighted by Crippen LogP contribution is -2.25. The molecule has 0 aliphatic carbocycles. The quantitative estimate of drug-likeness (QED) is 0.147. The molecule has 37 heavy (non-hydrogen) atoms. The largest absolute Gasteiger partial charge is 0.416 e. The lowest BCUT2D eigenvalue weighted by Gasteiger charge is -2.17. The first kappa shape index (κ1) is 28.5. The fourth-order valence-electron chi connectivity index (χ4n) is 3.23. The van der Waals surface area contributed by atoms with Crippen LogP contribution < -0.4 is 16.0 Å². The van der Waals surface area contributed by atoms with Crippen LogP contribution in [0.1, 0.15) is 36.2 Å². The van der Waals surface area contributed by atoms with E-state index in [9.17, 15) is 22.8 Å². The van der Waals surface area contributed by atoms with Crippen molar-refractivity contribution in [3.63, 3.8) is 0 Å². The van der Waals surface area contributed by atoms with Gasteiger partial charge in [-0.05, 0) is 86.2 Å². The molecule has 0 saturated carbocycles. The molecule has 0 aliphatic heterocycles. The minimum atomic E-state index is -4.55. The van der Waals surface area contributed by atoms with Crippen LogP contribution in [0.5, 0.6) is 0 Å². The van der Waals surface area contributed by atoms with Gasteiger partial charge in [-0.15, -0.1) is 11.8 Å². The average molecular weight is 566 g/mol. The number of nitrogens with one attached hydrogen (secondary N) is 3. The van der Waals surface area contributed by atoms with Gasteiger partial charge in [0.15, 0.2) is 10.9 Å². The van der Waals surface area contributed by atoms with Crippen molar-refractivity contribution in [1.82, 2.24) is 0 Å². The van der Waals surface area contributed by atoms with Gasteiger partial charge in [0, 0.05) is 21.8 Å². The number of rotatable bonds is 8. The summed E-state index contributed by atoms with van der Waals surface area (Å²) < 4.78 is 39.2. The molecule has 0 aromatic heterocycles. The van der Waals surface area contributed by atoms with E-state index < -0.39 is 22.9 Å². The zero-order valence-electron chi connectivity index (χ0n) is 19.8. The smallest absolute Gasteiger partial charge is 0.332 e. The SMILES string of the molecule is CCC(Sc1cccc(NC(=S)Nc2ccc(C(C)=O)cc2)c1)C(=O)Nc1cc(C(F)(F)F)ccc1Cl. The molecule has 11 heteroatoms. The van der Waals surface area contributed by atoms with Gasteiger partial charge in [0.25, 0.3) is 0 Å². The monoisotopic (exact) mass is 565 g/mol. The Kier molecular flexibility index (Phi) is 9.58. The number of Topliss-reactive ketones (excluding diaryl/α,β-unsaturated/α-hetero) is 1. The summed E-state index contributed by atoms with van der Waals surface area (Å²) in [5.41, 5.74) is 0.997. The van der Waals surface area contributed by atoms with E-state index in [0.29, 0.717) is 28.5 Å². The highest BCUT2D eigenvalue weighted by atomic mass is 35.5. The summed E-state index contributed by atoms with van der Waals surface area (Å²) in [6, 6.07) is 16.9. The minimum Gasteiger partial charge on any atom is -0.332 e. The molecule has 0 fully saturated rings. The molecule has 1 unspecified atom stereocenters. The van der Waals surface area contributed by atoms with Crippen LogP contribution in [0.2, 0.25) is 5.02 Å². The number of carbonyl (C=O) groups excluding carboxylic acids is 2. The van der Waals surface area contributed by atoms with E-state index in [1.165, 1.54) is 18.7 Å². The summed E-state index contributed by atoms with van der Waals surface area (Å²) in [6.45, 7) is 3.30. The number of alkyl halides is 3. The van der Waals surface area contributed by atoms with E-state index in [2.05, 4.69) is 16.0 Å². The van der Waals surface area contributed by atoms with Crippen LogP contribution in [0.25, 0.3) is 0 Å². The van der Waals surface area contributed by atoms with E-state index in [-0.39, 0.29) is 16.5 Å². The standard InChI is InChI=1S/C26H23ClF3N3O2S2/c1-3-23(24(35)33-22-13-17(26(28,29)30)9-12-21(22)27)37-20-6-4-5-19(14-20)32-25(36)31-18-10-7-16(8-11-18)15(2)34/h4-14,23H,3H2,1-2H3,(H,33,35)(H2,31,32,36). The molecule has 0 spiro atoms. The van der Waals surface area contributed by atoms with Crippen molar-refractivity contribution in [2.24, 2.45) is 0 Å². The third kappa shape index (κ3) is 8.21. The van der Waals surface area contributed by atoms with Gasteiger partial charge in [0.05, 0.1) is 21.5 Å². The Morgan fingerprint density at radius 3 is 2.27 bits per heavy atom. The lowest BCUT2D eigenvalue weighted by molar-refractivity contribution is -0.137. The molecule has 0 bridgehead atoms. The number of hydrogen-bond donors (Lipinski definition) is 3. The maximum Gasteiger partial charge on any atom is 0.416 e. The van der Waals surface area contributed by atoms with Gasteiger partial charge < -0.3 is 16.0 Å². The zero-order valence-corrected chi connectivity index (χ0v) is 22.2. The Labute approximate surface area is 227 Å². The summed E-state index contributed by atoms with van der Waals surface area (Å²) in [5.74, 6) is -0.489. The first-order valence-electron chi connectivity index (χ1n) is 11.1. The number of anilines is 3. The Morgan fingerprint density at radius 1 is 0.973 bits per heavy atom. The molecule has 3 aromatic carbocycles. The maximum atomic E-state index is 13.1. The minimum absolute atomic E-state index is 0.0179. The number of benzene rings is 3. The zero-order chi connectivity index (χ0) is 27.2. The van der Waals surface area contributed by atoms with Crippen LogP contribution in [0.3, 0.4) is 0 Å². The Morgan fingerprint density at radius 2 is 1.65 bits per heavy atom. The molecule has 1 amide bonds. The highest BCUT2D eigenvalue weighted by Crippen LogP contribution is 2.35. The Balaban J connectivity index is 1.64. The van der Waals surface area contributed by atoms with Crippen LogP contribution in [-0.2, 0) is 11.0 Å². The van der Waals surface area contributed by atoms with Crippen molar-refractivity contribution in [2.45, 2.75) is 36.6 Å². The van der Waals surface area contributed by atoms with Crippen molar-refractivity contribution in [1.29, 1.82) is 0 Å². The first-order chi connectivity index (χ1) is 17.5. The van der Waals surface area contributed by atoms with Gasteiger partial charge in [0.2, 0.25) is 5.91 Å². The van der Waals surface area contributed by atoms with E-state index in [1.54, 1.807) is 36.4 Å². The van der Waals surface area contributed by atoms with Gasteiger partial charge in [-0.3, -0.25) is 9.59 Å². The second-order valence-electron chi connectivity index (χ2n) is 7.94. The highest BCUT2D eigenvalue weighted by molar-refractivity contribution is 8.00. The third-order valence-corrected chi connectivity index (χ3v) is 7.03. The van der Waals surface area contributed by atoms with E-state index in [1.807, 2.05) is 19.1 Å². The second-order valence-corrected chi connectivity index (χ2v) is 10.0.